The molecular formula is C25H31F6N7O2. The highest BCUT2D eigenvalue weighted by Crippen LogP contribution is 2.36. The number of aromatic nitrogens is 5. The van der Waals surface area contributed by atoms with Gasteiger partial charge in [0.25, 0.3) is 5.91 Å². The Morgan fingerprint density at radius 1 is 1.05 bits per heavy atom. The average Bonchev–Trinajstić information content (AvgIpc) is 3.37. The number of imidazole rings is 1. The van der Waals surface area contributed by atoms with E-state index in [0.717, 1.165) is 33.6 Å². The van der Waals surface area contributed by atoms with Gasteiger partial charge in [0.05, 0.1) is 29.4 Å². The Labute approximate surface area is 226 Å². The summed E-state index contributed by atoms with van der Waals surface area (Å²) in [7, 11) is 0. The Morgan fingerprint density at radius 2 is 1.73 bits per heavy atom. The fourth-order valence-electron chi connectivity index (χ4n) is 3.21. The Kier molecular flexibility index (Phi) is 9.46. The van der Waals surface area contributed by atoms with E-state index < -0.39 is 36.5 Å². The lowest BCUT2D eigenvalue weighted by Crippen LogP contribution is -2.28. The fraction of sp³-hybridized carbons (Fsp3) is 0.560. The number of rotatable bonds is 9. The van der Waals surface area contributed by atoms with Crippen molar-refractivity contribution in [3.8, 4) is 0 Å². The molecule has 0 spiro atoms. The van der Waals surface area contributed by atoms with E-state index >= 15 is 0 Å². The van der Waals surface area contributed by atoms with Gasteiger partial charge < -0.3 is 15.6 Å². The second-order valence-corrected chi connectivity index (χ2v) is 10.6. The van der Waals surface area contributed by atoms with Crippen LogP contribution in [0.25, 0.3) is 11.0 Å². The summed E-state index contributed by atoms with van der Waals surface area (Å²) in [5, 5.41) is 9.35. The first-order valence-electron chi connectivity index (χ1n) is 12.6. The van der Waals surface area contributed by atoms with Crippen molar-refractivity contribution in [2.24, 2.45) is 11.3 Å². The molecule has 0 atom stereocenters. The Bertz CT molecular complexity index is 1290. The Morgan fingerprint density at radius 3 is 2.33 bits per heavy atom. The van der Waals surface area contributed by atoms with Gasteiger partial charge >= 0.3 is 12.4 Å². The van der Waals surface area contributed by atoms with Gasteiger partial charge in [0.1, 0.15) is 12.2 Å². The van der Waals surface area contributed by atoms with Crippen LogP contribution in [0.5, 0.6) is 0 Å². The van der Waals surface area contributed by atoms with Crippen molar-refractivity contribution in [2.75, 3.05) is 0 Å². The van der Waals surface area contributed by atoms with Crippen LogP contribution in [0.2, 0.25) is 0 Å². The minimum Gasteiger partial charge on any atom is -0.352 e. The molecule has 3 N–H and O–H groups in total. The fourth-order valence-corrected chi connectivity index (χ4v) is 3.21. The molecule has 2 heterocycles. The third-order valence-corrected chi connectivity index (χ3v) is 5.93. The normalized spacial score (nSPS) is 14.0. The largest absolute Gasteiger partial charge is 0.393 e. The minimum atomic E-state index is -4.36. The molecule has 1 fully saturated rings. The molecular weight excluding hydrogens is 544 g/mol. The highest BCUT2D eigenvalue weighted by Gasteiger charge is 2.42. The molecule has 0 saturated heterocycles. The summed E-state index contributed by atoms with van der Waals surface area (Å²) in [5.74, 6) is 0.350. The number of halogens is 6. The van der Waals surface area contributed by atoms with E-state index in [1.807, 2.05) is 0 Å². The predicted molar refractivity (Wildman–Crippen MR) is 133 cm³/mol. The number of fused-ring (bicyclic) bond motifs is 1. The van der Waals surface area contributed by atoms with Crippen molar-refractivity contribution in [2.45, 2.75) is 78.4 Å². The molecule has 0 bridgehead atoms. The number of alkyl halides is 6. The van der Waals surface area contributed by atoms with Gasteiger partial charge in [-0.25, -0.2) is 14.6 Å². The molecule has 9 nitrogen and oxygen atoms in total. The number of carbonyl (C=O) groups excluding carboxylic acids is 2. The van der Waals surface area contributed by atoms with Crippen LogP contribution in [-0.4, -0.2) is 48.9 Å². The lowest BCUT2D eigenvalue weighted by Gasteiger charge is -2.21. The van der Waals surface area contributed by atoms with Crippen LogP contribution in [-0.2, 0) is 24.4 Å². The van der Waals surface area contributed by atoms with Crippen molar-refractivity contribution in [3.63, 3.8) is 0 Å². The number of amides is 2. The van der Waals surface area contributed by atoms with Gasteiger partial charge in [-0.1, -0.05) is 26.8 Å². The number of hydrogen-bond donors (Lipinski definition) is 3. The Hall–Kier alpha value is -3.65. The van der Waals surface area contributed by atoms with E-state index in [2.05, 4.69) is 30.7 Å². The third kappa shape index (κ3) is 9.52. The van der Waals surface area contributed by atoms with Crippen molar-refractivity contribution in [1.29, 1.82) is 0 Å². The van der Waals surface area contributed by atoms with Crippen LogP contribution in [0.4, 0.5) is 26.3 Å². The molecule has 220 valence electrons. The maximum atomic E-state index is 12.4. The standard InChI is InChI=1S/C20H22F3N7O2.C5H9F3/c21-20(22,23)6-5-17(31)24-8-13-3-4-14-15(7-13)29-16(28-14)9-25-19(32)18-26-11-27-30(18)10-12-1-2-12;1-4(2,3)5(6,7)8/h3-4,7,11-12H,1-2,5-6,8-10H2,(H,24,31)(H,25,32)(H,28,29);1-3H3. The summed E-state index contributed by atoms with van der Waals surface area (Å²) in [4.78, 5) is 35.6. The highest BCUT2D eigenvalue weighted by molar-refractivity contribution is 5.90. The topological polar surface area (TPSA) is 118 Å². The summed E-state index contributed by atoms with van der Waals surface area (Å²) in [6.45, 7) is 4.39. The predicted octanol–water partition coefficient (Wildman–Crippen LogP) is 5.05. The molecule has 15 heteroatoms. The first-order chi connectivity index (χ1) is 18.5. The zero-order valence-electron chi connectivity index (χ0n) is 22.2. The van der Waals surface area contributed by atoms with Crippen molar-refractivity contribution < 1.29 is 35.9 Å². The number of benzene rings is 1. The molecule has 40 heavy (non-hydrogen) atoms. The Balaban J connectivity index is 0.000000482. The molecule has 2 amide bonds. The number of nitrogens with zero attached hydrogens (tertiary/aromatic N) is 4. The summed E-state index contributed by atoms with van der Waals surface area (Å²) in [5.41, 5.74) is 0.504. The maximum Gasteiger partial charge on any atom is 0.393 e. The van der Waals surface area contributed by atoms with Crippen LogP contribution >= 0.6 is 0 Å². The van der Waals surface area contributed by atoms with Crippen molar-refractivity contribution >= 4 is 22.8 Å². The molecule has 1 aromatic carbocycles. The van der Waals surface area contributed by atoms with Crippen LogP contribution in [0.15, 0.2) is 24.5 Å². The molecule has 0 unspecified atom stereocenters. The molecule has 1 saturated carbocycles. The van der Waals surface area contributed by atoms with Gasteiger partial charge in [0.15, 0.2) is 0 Å². The number of carbonyl (C=O) groups is 2. The van der Waals surface area contributed by atoms with Crippen LogP contribution in [0.1, 0.15) is 68.5 Å². The van der Waals surface area contributed by atoms with Gasteiger partial charge in [-0.3, -0.25) is 9.59 Å². The number of H-pyrrole nitrogens is 1. The first kappa shape index (κ1) is 30.9. The average molecular weight is 576 g/mol. The lowest BCUT2D eigenvalue weighted by atomic mass is 9.96. The van der Waals surface area contributed by atoms with E-state index in [9.17, 15) is 35.9 Å². The van der Waals surface area contributed by atoms with Crippen LogP contribution < -0.4 is 10.6 Å². The first-order valence-corrected chi connectivity index (χ1v) is 12.6. The van der Waals surface area contributed by atoms with E-state index in [1.54, 1.807) is 22.9 Å². The van der Waals surface area contributed by atoms with Gasteiger partial charge in [-0.2, -0.15) is 31.4 Å². The second kappa shape index (κ2) is 12.3. The van der Waals surface area contributed by atoms with Gasteiger partial charge in [-0.05, 0) is 36.5 Å². The van der Waals surface area contributed by atoms with Crippen LogP contribution in [0.3, 0.4) is 0 Å². The van der Waals surface area contributed by atoms with E-state index in [0.29, 0.717) is 34.9 Å². The zero-order chi connectivity index (χ0) is 29.7. The molecule has 2 aromatic heterocycles. The lowest BCUT2D eigenvalue weighted by molar-refractivity contribution is -0.204. The summed E-state index contributed by atoms with van der Waals surface area (Å²) >= 11 is 0. The number of nitrogens with one attached hydrogen (secondary N) is 3. The second-order valence-electron chi connectivity index (χ2n) is 10.6. The van der Waals surface area contributed by atoms with E-state index in [1.165, 1.54) is 6.33 Å². The third-order valence-electron chi connectivity index (χ3n) is 5.93. The summed E-state index contributed by atoms with van der Waals surface area (Å²) < 4.78 is 72.9. The van der Waals surface area contributed by atoms with E-state index in [-0.39, 0.29) is 24.8 Å². The minimum absolute atomic E-state index is 0.106. The zero-order valence-corrected chi connectivity index (χ0v) is 22.2. The molecule has 1 aliphatic rings. The van der Waals surface area contributed by atoms with Gasteiger partial charge in [0.2, 0.25) is 11.7 Å². The van der Waals surface area contributed by atoms with Gasteiger partial charge in [-0.15, -0.1) is 0 Å². The number of aromatic amines is 1. The summed E-state index contributed by atoms with van der Waals surface area (Å²) in [6.07, 6.45) is -6.53. The number of hydrogen-bond acceptors (Lipinski definition) is 5. The molecule has 0 aliphatic heterocycles. The SMILES string of the molecule is CC(C)(C)C(F)(F)F.O=C(CCC(F)(F)F)NCc1ccc2nc(CNC(=O)c3ncnn3CC3CC3)[nH]c2c1. The monoisotopic (exact) mass is 575 g/mol. The smallest absolute Gasteiger partial charge is 0.352 e. The quantitative estimate of drug-likeness (QED) is 0.309. The summed E-state index contributed by atoms with van der Waals surface area (Å²) in [6, 6.07) is 5.22. The molecule has 1 aliphatic carbocycles. The molecule has 3 aromatic rings. The van der Waals surface area contributed by atoms with Crippen molar-refractivity contribution in [1.82, 2.24) is 35.4 Å². The van der Waals surface area contributed by atoms with Crippen LogP contribution in [0, 0.1) is 11.3 Å². The van der Waals surface area contributed by atoms with Crippen molar-refractivity contribution in [3.05, 3.63) is 41.7 Å². The molecule has 4 rings (SSSR count). The molecule has 0 radical (unpaired) electrons. The maximum absolute atomic E-state index is 12.4. The van der Waals surface area contributed by atoms with E-state index in [4.69, 9.17) is 0 Å². The highest BCUT2D eigenvalue weighted by atomic mass is 19.4. The van der Waals surface area contributed by atoms with Gasteiger partial charge in [0, 0.05) is 19.5 Å².